The summed E-state index contributed by atoms with van der Waals surface area (Å²) in [4.78, 5) is 2.23. The van der Waals surface area contributed by atoms with E-state index in [1.807, 2.05) is 24.3 Å². The Bertz CT molecular complexity index is 831. The van der Waals surface area contributed by atoms with Crippen LogP contribution in [0, 0.1) is 0 Å². The van der Waals surface area contributed by atoms with Gasteiger partial charge in [-0.05, 0) is 48.7 Å². The van der Waals surface area contributed by atoms with E-state index in [1.165, 1.54) is 0 Å². The molecule has 0 saturated carbocycles. The average molecular weight is 385 g/mol. The molecule has 150 valence electrons. The number of aromatic hydroxyl groups is 1. The Morgan fingerprint density at radius 2 is 2.00 bits per heavy atom. The summed E-state index contributed by atoms with van der Waals surface area (Å²) >= 11 is 0. The number of nitrogens with zero attached hydrogens (tertiary/aromatic N) is 1. The molecule has 28 heavy (non-hydrogen) atoms. The number of aliphatic hydroxyl groups excluding tert-OH is 2. The fourth-order valence-electron chi connectivity index (χ4n) is 4.27. The summed E-state index contributed by atoms with van der Waals surface area (Å²) in [5, 5.41) is 30.8. The van der Waals surface area contributed by atoms with Gasteiger partial charge in [0.2, 0.25) is 0 Å². The molecule has 0 amide bonds. The second-order valence-electron chi connectivity index (χ2n) is 7.82. The molecule has 2 aliphatic rings. The lowest BCUT2D eigenvalue weighted by Gasteiger charge is -2.46. The highest BCUT2D eigenvalue weighted by molar-refractivity contribution is 5.43. The summed E-state index contributed by atoms with van der Waals surface area (Å²) in [6.45, 7) is 2.14. The highest BCUT2D eigenvalue weighted by Gasteiger charge is 2.43. The predicted octanol–water partition coefficient (Wildman–Crippen LogP) is 2.78. The molecule has 0 radical (unpaired) electrons. The maximum atomic E-state index is 10.6. The molecule has 0 unspecified atom stereocenters. The predicted molar refractivity (Wildman–Crippen MR) is 105 cm³/mol. The van der Waals surface area contributed by atoms with Crippen molar-refractivity contribution in [1.82, 2.24) is 4.90 Å². The van der Waals surface area contributed by atoms with E-state index >= 15 is 0 Å². The second-order valence-corrected chi connectivity index (χ2v) is 7.82. The van der Waals surface area contributed by atoms with Crippen molar-refractivity contribution in [2.24, 2.45) is 0 Å². The Hall–Kier alpha value is -2.28. The highest BCUT2D eigenvalue weighted by atomic mass is 16.5. The van der Waals surface area contributed by atoms with Crippen molar-refractivity contribution in [2.45, 2.75) is 37.1 Å². The van der Waals surface area contributed by atoms with Gasteiger partial charge >= 0.3 is 0 Å². The molecule has 6 heteroatoms. The lowest BCUT2D eigenvalue weighted by Crippen LogP contribution is -2.51. The van der Waals surface area contributed by atoms with Crippen molar-refractivity contribution < 1.29 is 24.8 Å². The van der Waals surface area contributed by atoms with E-state index in [-0.39, 0.29) is 11.4 Å². The quantitative estimate of drug-likeness (QED) is 0.751. The van der Waals surface area contributed by atoms with E-state index in [9.17, 15) is 15.3 Å². The van der Waals surface area contributed by atoms with Gasteiger partial charge in [-0.1, -0.05) is 12.1 Å². The molecule has 1 spiro atoms. The lowest BCUT2D eigenvalue weighted by atomic mass is 9.81. The fourth-order valence-corrected chi connectivity index (χ4v) is 4.27. The van der Waals surface area contributed by atoms with Crippen LogP contribution in [-0.4, -0.2) is 52.6 Å². The molecular formula is C22H27NO5. The molecule has 1 saturated heterocycles. The first-order chi connectivity index (χ1) is 13.5. The molecule has 2 aromatic rings. The summed E-state index contributed by atoms with van der Waals surface area (Å²) in [7, 11) is 1.62. The lowest BCUT2D eigenvalue weighted by molar-refractivity contribution is -0.0588. The number of hydrogen-bond acceptors (Lipinski definition) is 6. The molecule has 2 heterocycles. The number of benzene rings is 2. The number of piperidine rings is 1. The Morgan fingerprint density at radius 3 is 2.75 bits per heavy atom. The minimum atomic E-state index is -0.634. The van der Waals surface area contributed by atoms with E-state index < -0.39 is 12.2 Å². The number of fused-ring (bicyclic) bond motifs is 1. The van der Waals surface area contributed by atoms with Crippen molar-refractivity contribution in [3.63, 3.8) is 0 Å². The van der Waals surface area contributed by atoms with Gasteiger partial charge in [0.05, 0.1) is 19.3 Å². The monoisotopic (exact) mass is 385 g/mol. The number of hydrogen-bond donors (Lipinski definition) is 3. The first-order valence-corrected chi connectivity index (χ1v) is 9.72. The minimum absolute atomic E-state index is 0.138. The number of phenolic OH excluding ortho intramolecular Hbond substituents is 1. The van der Waals surface area contributed by atoms with E-state index in [2.05, 4.69) is 4.90 Å². The number of aliphatic hydroxyl groups is 2. The van der Waals surface area contributed by atoms with Crippen LogP contribution in [0.4, 0.5) is 0 Å². The van der Waals surface area contributed by atoms with Gasteiger partial charge in [-0.15, -0.1) is 0 Å². The van der Waals surface area contributed by atoms with E-state index in [1.54, 1.807) is 25.3 Å². The van der Waals surface area contributed by atoms with Crippen LogP contribution in [0.25, 0.3) is 0 Å². The van der Waals surface area contributed by atoms with Crippen LogP contribution in [0.2, 0.25) is 0 Å². The van der Waals surface area contributed by atoms with Crippen LogP contribution < -0.4 is 9.47 Å². The normalized spacial score (nSPS) is 22.3. The Morgan fingerprint density at radius 1 is 1.21 bits per heavy atom. The SMILES string of the molecule is COc1cccc([C@@H](O)CN2CCC3(CC2)C[C@H](O)c2cc(O)ccc2O3)c1. The molecule has 3 N–H and O–H groups in total. The van der Waals surface area contributed by atoms with Gasteiger partial charge < -0.3 is 29.7 Å². The van der Waals surface area contributed by atoms with Gasteiger partial charge in [-0.2, -0.15) is 0 Å². The van der Waals surface area contributed by atoms with Crippen LogP contribution in [-0.2, 0) is 0 Å². The number of β-amino-alcohol motifs (C(OH)–C–C–N with tert-alkyl or cyclic N) is 1. The van der Waals surface area contributed by atoms with Crippen molar-refractivity contribution in [3.05, 3.63) is 53.6 Å². The van der Waals surface area contributed by atoms with Crippen LogP contribution in [0.5, 0.6) is 17.2 Å². The standard InChI is InChI=1S/C22H27NO5/c1-27-17-4-2-3-15(11-17)20(26)14-23-9-7-22(8-10-23)13-19(25)18-12-16(24)5-6-21(18)28-22/h2-6,11-12,19-20,24-26H,7-10,13-14H2,1H3/t19-,20-/m0/s1. The maximum absolute atomic E-state index is 10.6. The molecule has 2 atom stereocenters. The van der Waals surface area contributed by atoms with Crippen LogP contribution >= 0.6 is 0 Å². The van der Waals surface area contributed by atoms with Gasteiger partial charge in [0.1, 0.15) is 22.8 Å². The number of ether oxygens (including phenoxy) is 2. The van der Waals surface area contributed by atoms with Gasteiger partial charge in [0, 0.05) is 31.6 Å². The number of methoxy groups -OCH3 is 1. The van der Waals surface area contributed by atoms with Crippen molar-refractivity contribution in [1.29, 1.82) is 0 Å². The average Bonchev–Trinajstić information content (AvgIpc) is 2.70. The molecule has 4 rings (SSSR count). The second kappa shape index (κ2) is 7.62. The topological polar surface area (TPSA) is 82.4 Å². The largest absolute Gasteiger partial charge is 0.508 e. The van der Waals surface area contributed by atoms with Crippen molar-refractivity contribution >= 4 is 0 Å². The minimum Gasteiger partial charge on any atom is -0.508 e. The van der Waals surface area contributed by atoms with Crippen molar-refractivity contribution in [2.75, 3.05) is 26.7 Å². The molecule has 0 aromatic heterocycles. The first kappa shape index (κ1) is 19.1. The summed E-state index contributed by atoms with van der Waals surface area (Å²) in [5.41, 5.74) is 1.11. The van der Waals surface area contributed by atoms with Crippen LogP contribution in [0.15, 0.2) is 42.5 Å². The molecule has 2 aromatic carbocycles. The third-order valence-corrected chi connectivity index (χ3v) is 5.92. The van der Waals surface area contributed by atoms with Gasteiger partial charge in [-0.25, -0.2) is 0 Å². The van der Waals surface area contributed by atoms with Gasteiger partial charge in [-0.3, -0.25) is 0 Å². The summed E-state index contributed by atoms with van der Waals surface area (Å²) in [6, 6.07) is 12.4. The Labute approximate surface area is 164 Å². The fraction of sp³-hybridized carbons (Fsp3) is 0.455. The molecule has 0 bridgehead atoms. The van der Waals surface area contributed by atoms with Gasteiger partial charge in [0.15, 0.2) is 0 Å². The molecule has 2 aliphatic heterocycles. The molecule has 1 fully saturated rings. The third kappa shape index (κ3) is 3.81. The zero-order chi connectivity index (χ0) is 19.7. The summed E-state index contributed by atoms with van der Waals surface area (Å²) in [5.74, 6) is 1.53. The molecule has 0 aliphatic carbocycles. The summed E-state index contributed by atoms with van der Waals surface area (Å²) in [6.07, 6.45) is 0.885. The van der Waals surface area contributed by atoms with E-state index in [0.29, 0.717) is 24.3 Å². The highest BCUT2D eigenvalue weighted by Crippen LogP contribution is 2.45. The smallest absolute Gasteiger partial charge is 0.126 e. The van der Waals surface area contributed by atoms with Gasteiger partial charge in [0.25, 0.3) is 0 Å². The first-order valence-electron chi connectivity index (χ1n) is 9.72. The third-order valence-electron chi connectivity index (χ3n) is 5.92. The van der Waals surface area contributed by atoms with E-state index in [0.717, 1.165) is 37.2 Å². The molecule has 6 nitrogen and oxygen atoms in total. The Kier molecular flexibility index (Phi) is 5.19. The zero-order valence-corrected chi connectivity index (χ0v) is 16.0. The molecular weight excluding hydrogens is 358 g/mol. The number of phenols is 1. The zero-order valence-electron chi connectivity index (χ0n) is 16.0. The summed E-state index contributed by atoms with van der Waals surface area (Å²) < 4.78 is 11.5. The maximum Gasteiger partial charge on any atom is 0.126 e. The van der Waals surface area contributed by atoms with E-state index in [4.69, 9.17) is 9.47 Å². The van der Waals surface area contributed by atoms with Crippen molar-refractivity contribution in [3.8, 4) is 17.2 Å². The van der Waals surface area contributed by atoms with Crippen LogP contribution in [0.1, 0.15) is 42.6 Å². The number of likely N-dealkylation sites (tertiary alicyclic amines) is 1. The number of rotatable bonds is 4. The Balaban J connectivity index is 1.38. The van der Waals surface area contributed by atoms with Crippen LogP contribution in [0.3, 0.4) is 0 Å².